The summed E-state index contributed by atoms with van der Waals surface area (Å²) < 4.78 is 32.6. The van der Waals surface area contributed by atoms with Crippen LogP contribution in [0.1, 0.15) is 43.9 Å². The molecule has 1 amide bonds. The Labute approximate surface area is 200 Å². The van der Waals surface area contributed by atoms with Crippen LogP contribution in [-0.2, 0) is 4.74 Å². The van der Waals surface area contributed by atoms with Crippen molar-refractivity contribution in [1.29, 1.82) is 0 Å². The minimum atomic E-state index is -0.444. The highest BCUT2D eigenvalue weighted by molar-refractivity contribution is 5.72. The molecule has 4 aliphatic heterocycles. The zero-order valence-electron chi connectivity index (χ0n) is 20.3. The quantitative estimate of drug-likeness (QED) is 0.677. The predicted octanol–water partition coefficient (Wildman–Crippen LogP) is 5.09. The Morgan fingerprint density at radius 3 is 2.59 bits per heavy atom. The highest BCUT2D eigenvalue weighted by Gasteiger charge is 2.41. The summed E-state index contributed by atoms with van der Waals surface area (Å²) in [6, 6.07) is 8.36. The Bertz CT molecular complexity index is 1090. The van der Waals surface area contributed by atoms with E-state index in [1.165, 1.54) is 6.07 Å². The summed E-state index contributed by atoms with van der Waals surface area (Å²) in [6.07, 6.45) is 1.62. The van der Waals surface area contributed by atoms with Crippen molar-refractivity contribution in [2.45, 2.75) is 45.8 Å². The smallest absolute Gasteiger partial charge is 0.407 e. The third-order valence-electron chi connectivity index (χ3n) is 7.63. The van der Waals surface area contributed by atoms with E-state index in [1.54, 1.807) is 13.2 Å². The summed E-state index contributed by atoms with van der Waals surface area (Å²) in [5, 5.41) is 3.04. The maximum absolute atomic E-state index is 15.4. The summed E-state index contributed by atoms with van der Waals surface area (Å²) in [4.78, 5) is 15.3. The van der Waals surface area contributed by atoms with Crippen LogP contribution in [0.4, 0.5) is 9.18 Å². The number of rotatable bonds is 4. The molecule has 0 spiro atoms. The van der Waals surface area contributed by atoms with Gasteiger partial charge in [0.15, 0.2) is 0 Å². The summed E-state index contributed by atoms with van der Waals surface area (Å²) in [5.41, 5.74) is 2.36. The first-order valence-electron chi connectivity index (χ1n) is 12.1. The van der Waals surface area contributed by atoms with Crippen LogP contribution in [0.5, 0.6) is 11.5 Å². The molecular formula is C27H33FN2O4. The van der Waals surface area contributed by atoms with Gasteiger partial charge in [0.25, 0.3) is 0 Å². The van der Waals surface area contributed by atoms with Crippen LogP contribution < -0.4 is 14.8 Å². The number of methoxy groups -OCH3 is 1. The van der Waals surface area contributed by atoms with E-state index < -0.39 is 17.6 Å². The van der Waals surface area contributed by atoms with Gasteiger partial charge in [0.05, 0.1) is 19.8 Å². The number of nitrogens with zero attached hydrogens (tertiary/aromatic N) is 1. The lowest BCUT2D eigenvalue weighted by Gasteiger charge is -2.44. The monoisotopic (exact) mass is 468 g/mol. The number of ether oxygens (including phenoxy) is 3. The van der Waals surface area contributed by atoms with Crippen LogP contribution in [0.3, 0.4) is 0 Å². The normalized spacial score (nSPS) is 26.9. The van der Waals surface area contributed by atoms with E-state index in [0.29, 0.717) is 29.4 Å². The molecule has 0 aliphatic carbocycles. The lowest BCUT2D eigenvalue weighted by atomic mass is 9.78. The number of piperidine rings is 3. The summed E-state index contributed by atoms with van der Waals surface area (Å²) in [7, 11) is 1.61. The molecule has 182 valence electrons. The van der Waals surface area contributed by atoms with Gasteiger partial charge in [-0.15, -0.1) is 0 Å². The van der Waals surface area contributed by atoms with Crippen LogP contribution in [0.15, 0.2) is 30.3 Å². The molecule has 2 aromatic rings. The molecule has 6 rings (SSSR count). The van der Waals surface area contributed by atoms with Gasteiger partial charge in [0.2, 0.25) is 0 Å². The first kappa shape index (κ1) is 23.0. The third kappa shape index (κ3) is 4.22. The lowest BCUT2D eigenvalue weighted by Crippen LogP contribution is -2.53. The molecular weight excluding hydrogens is 435 g/mol. The molecule has 0 aromatic heterocycles. The van der Waals surface area contributed by atoms with Crippen molar-refractivity contribution in [2.75, 3.05) is 33.4 Å². The van der Waals surface area contributed by atoms with E-state index in [0.717, 1.165) is 49.4 Å². The summed E-state index contributed by atoms with van der Waals surface area (Å²) in [5.74, 6) is 1.38. The fraction of sp³-hybridized carbons (Fsp3) is 0.519. The number of hydrogen-bond acceptors (Lipinski definition) is 5. The Morgan fingerprint density at radius 2 is 1.94 bits per heavy atom. The van der Waals surface area contributed by atoms with Gasteiger partial charge in [-0.3, -0.25) is 4.90 Å². The van der Waals surface area contributed by atoms with Crippen molar-refractivity contribution < 1.29 is 23.4 Å². The van der Waals surface area contributed by atoms with E-state index in [-0.39, 0.29) is 11.9 Å². The molecule has 0 saturated carbocycles. The highest BCUT2D eigenvalue weighted by Crippen LogP contribution is 2.45. The van der Waals surface area contributed by atoms with Crippen LogP contribution in [0.25, 0.3) is 11.1 Å². The minimum Gasteiger partial charge on any atom is -0.497 e. The first-order chi connectivity index (χ1) is 16.2. The standard InChI is InChI=1S/C27H33FN2O4/c1-16-11-18(32-4)5-6-19(16)20-13-23-21(12-22(20)28)25(27(2,3)15-33-23)29-26(31)34-24-14-30-9-7-17(24)8-10-30/h5-6,11-13,17,24-25H,7-10,14-15H2,1-4H3,(H,29,31)/t24-,25?/m0/s1. The average molecular weight is 469 g/mol. The van der Waals surface area contributed by atoms with Gasteiger partial charge < -0.3 is 19.5 Å². The minimum absolute atomic E-state index is 0.0814. The topological polar surface area (TPSA) is 60.0 Å². The van der Waals surface area contributed by atoms with Crippen molar-refractivity contribution in [1.82, 2.24) is 10.2 Å². The Balaban J connectivity index is 1.40. The number of carbonyl (C=O) groups excluding carboxylic acids is 1. The number of fused-ring (bicyclic) bond motifs is 4. The average Bonchev–Trinajstić information content (AvgIpc) is 2.82. The largest absolute Gasteiger partial charge is 0.497 e. The maximum Gasteiger partial charge on any atom is 0.407 e. The fourth-order valence-electron chi connectivity index (χ4n) is 5.57. The SMILES string of the molecule is COc1ccc(-c2cc3c(cc2F)C(NC(=O)O[C@H]2CN4CCC2CC4)C(C)(C)CO3)c(C)c1. The van der Waals surface area contributed by atoms with Gasteiger partial charge in [0, 0.05) is 23.1 Å². The molecule has 3 fully saturated rings. The van der Waals surface area contributed by atoms with Gasteiger partial charge in [-0.1, -0.05) is 19.9 Å². The van der Waals surface area contributed by atoms with E-state index >= 15 is 4.39 Å². The second kappa shape index (κ2) is 8.77. The lowest BCUT2D eigenvalue weighted by molar-refractivity contribution is -0.0361. The van der Waals surface area contributed by atoms with Crippen molar-refractivity contribution >= 4 is 6.09 Å². The summed E-state index contributed by atoms with van der Waals surface area (Å²) >= 11 is 0. The molecule has 0 radical (unpaired) electrons. The fourth-order valence-corrected chi connectivity index (χ4v) is 5.57. The molecule has 1 N–H and O–H groups in total. The number of halogens is 1. The van der Waals surface area contributed by atoms with Crippen molar-refractivity contribution in [3.63, 3.8) is 0 Å². The molecule has 34 heavy (non-hydrogen) atoms. The Hall–Kier alpha value is -2.80. The third-order valence-corrected chi connectivity index (χ3v) is 7.63. The van der Waals surface area contributed by atoms with E-state index in [2.05, 4.69) is 10.2 Å². The van der Waals surface area contributed by atoms with Crippen molar-refractivity contribution in [3.8, 4) is 22.6 Å². The number of benzene rings is 2. The molecule has 7 heteroatoms. The molecule has 3 saturated heterocycles. The molecule has 4 heterocycles. The van der Waals surface area contributed by atoms with Crippen molar-refractivity contribution in [3.05, 3.63) is 47.3 Å². The van der Waals surface area contributed by atoms with E-state index in [4.69, 9.17) is 14.2 Å². The van der Waals surface area contributed by atoms with Crippen LogP contribution >= 0.6 is 0 Å². The number of nitrogens with one attached hydrogen (secondary N) is 1. The molecule has 2 aromatic carbocycles. The molecule has 1 unspecified atom stereocenters. The molecule has 4 aliphatic rings. The predicted molar refractivity (Wildman–Crippen MR) is 128 cm³/mol. The number of amides is 1. The number of carbonyl (C=O) groups is 1. The number of alkyl carbamates (subject to hydrolysis) is 1. The Morgan fingerprint density at radius 1 is 1.18 bits per heavy atom. The number of hydrogen-bond donors (Lipinski definition) is 1. The Kier molecular flexibility index (Phi) is 5.92. The maximum atomic E-state index is 15.4. The van der Waals surface area contributed by atoms with Crippen LogP contribution in [0.2, 0.25) is 0 Å². The second-order valence-electron chi connectivity index (χ2n) is 10.5. The zero-order valence-corrected chi connectivity index (χ0v) is 20.3. The second-order valence-corrected chi connectivity index (χ2v) is 10.5. The number of aryl methyl sites for hydroxylation is 1. The van der Waals surface area contributed by atoms with Crippen molar-refractivity contribution in [2.24, 2.45) is 11.3 Å². The summed E-state index contributed by atoms with van der Waals surface area (Å²) in [6.45, 7) is 9.31. The molecule has 2 bridgehead atoms. The first-order valence-corrected chi connectivity index (χ1v) is 12.1. The van der Waals surface area contributed by atoms with E-state index in [9.17, 15) is 4.79 Å². The van der Waals surface area contributed by atoms with Crippen LogP contribution in [0, 0.1) is 24.1 Å². The molecule has 2 atom stereocenters. The van der Waals surface area contributed by atoms with Gasteiger partial charge in [-0.25, -0.2) is 9.18 Å². The van der Waals surface area contributed by atoms with Gasteiger partial charge in [-0.2, -0.15) is 0 Å². The zero-order chi connectivity index (χ0) is 24.0. The molecule has 6 nitrogen and oxygen atoms in total. The van der Waals surface area contributed by atoms with Gasteiger partial charge in [0.1, 0.15) is 23.4 Å². The van der Waals surface area contributed by atoms with E-state index in [1.807, 2.05) is 39.0 Å². The van der Waals surface area contributed by atoms with Crippen LogP contribution in [-0.4, -0.2) is 50.4 Å². The van der Waals surface area contributed by atoms with Gasteiger partial charge in [-0.05, 0) is 74.2 Å². The van der Waals surface area contributed by atoms with Gasteiger partial charge >= 0.3 is 6.09 Å². The highest BCUT2D eigenvalue weighted by atomic mass is 19.1.